The summed E-state index contributed by atoms with van der Waals surface area (Å²) in [5.41, 5.74) is 1.22. The van der Waals surface area contributed by atoms with Gasteiger partial charge in [0.15, 0.2) is 0 Å². The minimum Gasteiger partial charge on any atom is -0.476 e. The number of hydrogen-bond acceptors (Lipinski definition) is 6. The summed E-state index contributed by atoms with van der Waals surface area (Å²) in [6.45, 7) is 2.76. The normalized spacial score (nSPS) is 19.1. The Kier molecular flexibility index (Phi) is 4.53. The van der Waals surface area contributed by atoms with Gasteiger partial charge >= 0.3 is 0 Å². The maximum atomic E-state index is 5.74. The van der Waals surface area contributed by atoms with Crippen LogP contribution in [0.4, 0.5) is 5.82 Å². The Labute approximate surface area is 142 Å². The molecule has 0 aromatic carbocycles. The molecule has 1 saturated carbocycles. The zero-order chi connectivity index (χ0) is 16.2. The Morgan fingerprint density at radius 2 is 1.92 bits per heavy atom. The molecule has 1 saturated heterocycles. The van der Waals surface area contributed by atoms with Crippen molar-refractivity contribution in [1.29, 1.82) is 0 Å². The maximum Gasteiger partial charge on any atom is 0.232 e. The van der Waals surface area contributed by atoms with Gasteiger partial charge in [0.25, 0.3) is 0 Å². The van der Waals surface area contributed by atoms with E-state index in [0.717, 1.165) is 31.7 Å². The molecule has 126 valence electrons. The SMILES string of the molecule is c1cnc(OCC2CCN(c3cc(C4CCC4)ncn3)CC2)cn1. The van der Waals surface area contributed by atoms with Gasteiger partial charge in [-0.1, -0.05) is 6.42 Å². The lowest BCUT2D eigenvalue weighted by Crippen LogP contribution is -2.36. The van der Waals surface area contributed by atoms with Gasteiger partial charge < -0.3 is 9.64 Å². The summed E-state index contributed by atoms with van der Waals surface area (Å²) in [6, 6.07) is 2.19. The van der Waals surface area contributed by atoms with E-state index in [1.807, 2.05) is 0 Å². The minimum atomic E-state index is 0.566. The van der Waals surface area contributed by atoms with Crippen LogP contribution in [-0.2, 0) is 0 Å². The van der Waals surface area contributed by atoms with Crippen molar-refractivity contribution in [3.05, 3.63) is 36.7 Å². The van der Waals surface area contributed by atoms with Crippen LogP contribution in [0.25, 0.3) is 0 Å². The van der Waals surface area contributed by atoms with Crippen LogP contribution in [0.3, 0.4) is 0 Å². The van der Waals surface area contributed by atoms with Crippen LogP contribution >= 0.6 is 0 Å². The standard InChI is InChI=1S/C18H23N5O/c1-2-15(3-1)16-10-17(22-13-21-16)23-8-4-14(5-9-23)12-24-18-11-19-6-7-20-18/h6-7,10-11,13-15H,1-5,8-9,12H2. The number of aromatic nitrogens is 4. The zero-order valence-electron chi connectivity index (χ0n) is 13.8. The Morgan fingerprint density at radius 1 is 1.04 bits per heavy atom. The molecule has 4 rings (SSSR count). The van der Waals surface area contributed by atoms with Crippen molar-refractivity contribution in [2.75, 3.05) is 24.6 Å². The number of piperidine rings is 1. The van der Waals surface area contributed by atoms with Crippen LogP contribution in [0.2, 0.25) is 0 Å². The third-order valence-electron chi connectivity index (χ3n) is 5.14. The maximum absolute atomic E-state index is 5.74. The average molecular weight is 325 g/mol. The van der Waals surface area contributed by atoms with Gasteiger partial charge in [0, 0.05) is 43.2 Å². The predicted molar refractivity (Wildman–Crippen MR) is 91.1 cm³/mol. The molecule has 2 aromatic rings. The van der Waals surface area contributed by atoms with E-state index < -0.39 is 0 Å². The predicted octanol–water partition coefficient (Wildman–Crippen LogP) is 2.83. The van der Waals surface area contributed by atoms with Crippen LogP contribution in [0.15, 0.2) is 31.0 Å². The molecule has 0 spiro atoms. The Balaban J connectivity index is 1.29. The van der Waals surface area contributed by atoms with E-state index in [0.29, 0.717) is 24.3 Å². The topological polar surface area (TPSA) is 64.0 Å². The van der Waals surface area contributed by atoms with Crippen LogP contribution in [0, 0.1) is 5.92 Å². The third-order valence-corrected chi connectivity index (χ3v) is 5.14. The van der Waals surface area contributed by atoms with Crippen molar-refractivity contribution in [2.45, 2.75) is 38.0 Å². The smallest absolute Gasteiger partial charge is 0.232 e. The highest BCUT2D eigenvalue weighted by atomic mass is 16.5. The second-order valence-electron chi connectivity index (χ2n) is 6.71. The van der Waals surface area contributed by atoms with Crippen LogP contribution < -0.4 is 9.64 Å². The van der Waals surface area contributed by atoms with E-state index in [-0.39, 0.29) is 0 Å². The molecule has 6 heteroatoms. The van der Waals surface area contributed by atoms with Crippen molar-refractivity contribution in [3.63, 3.8) is 0 Å². The molecule has 0 bridgehead atoms. The summed E-state index contributed by atoms with van der Waals surface area (Å²) in [5.74, 6) is 2.92. The Morgan fingerprint density at radius 3 is 2.62 bits per heavy atom. The molecular formula is C18H23N5O. The lowest BCUT2D eigenvalue weighted by Gasteiger charge is -2.33. The van der Waals surface area contributed by atoms with Crippen molar-refractivity contribution in [1.82, 2.24) is 19.9 Å². The van der Waals surface area contributed by atoms with Crippen molar-refractivity contribution < 1.29 is 4.74 Å². The molecule has 1 aliphatic heterocycles. The molecule has 6 nitrogen and oxygen atoms in total. The summed E-state index contributed by atoms with van der Waals surface area (Å²) in [5, 5.41) is 0. The van der Waals surface area contributed by atoms with Crippen LogP contribution in [0.1, 0.15) is 43.7 Å². The fourth-order valence-electron chi connectivity index (χ4n) is 3.35. The molecule has 0 unspecified atom stereocenters. The van der Waals surface area contributed by atoms with Crippen LogP contribution in [-0.4, -0.2) is 39.6 Å². The molecule has 0 atom stereocenters. The summed E-state index contributed by atoms with van der Waals surface area (Å²) in [7, 11) is 0. The van der Waals surface area contributed by atoms with Crippen molar-refractivity contribution in [3.8, 4) is 5.88 Å². The van der Waals surface area contributed by atoms with Crippen LogP contribution in [0.5, 0.6) is 5.88 Å². The first-order valence-electron chi connectivity index (χ1n) is 8.84. The summed E-state index contributed by atoms with van der Waals surface area (Å²) in [6.07, 6.45) is 12.8. The van der Waals surface area contributed by atoms with Gasteiger partial charge in [0.2, 0.25) is 5.88 Å². The fourth-order valence-corrected chi connectivity index (χ4v) is 3.35. The first-order valence-corrected chi connectivity index (χ1v) is 8.84. The highest BCUT2D eigenvalue weighted by molar-refractivity contribution is 5.40. The fraction of sp³-hybridized carbons (Fsp3) is 0.556. The largest absolute Gasteiger partial charge is 0.476 e. The van der Waals surface area contributed by atoms with E-state index in [1.54, 1.807) is 24.9 Å². The van der Waals surface area contributed by atoms with E-state index in [2.05, 4.69) is 30.9 Å². The summed E-state index contributed by atoms with van der Waals surface area (Å²) < 4.78 is 5.74. The molecule has 24 heavy (non-hydrogen) atoms. The first kappa shape index (κ1) is 15.3. The Hall–Kier alpha value is -2.24. The molecule has 1 aliphatic carbocycles. The van der Waals surface area contributed by atoms with Gasteiger partial charge in [0.05, 0.1) is 12.8 Å². The van der Waals surface area contributed by atoms with Gasteiger partial charge in [-0.3, -0.25) is 4.98 Å². The Bertz CT molecular complexity index is 653. The lowest BCUT2D eigenvalue weighted by atomic mass is 9.83. The third kappa shape index (κ3) is 3.47. The van der Waals surface area contributed by atoms with Gasteiger partial charge in [-0.2, -0.15) is 0 Å². The number of nitrogens with zero attached hydrogens (tertiary/aromatic N) is 5. The molecule has 0 N–H and O–H groups in total. The highest BCUT2D eigenvalue weighted by Gasteiger charge is 2.24. The quantitative estimate of drug-likeness (QED) is 0.842. The average Bonchev–Trinajstić information content (AvgIpc) is 2.60. The molecule has 3 heterocycles. The molecule has 2 aliphatic rings. The summed E-state index contributed by atoms with van der Waals surface area (Å²) in [4.78, 5) is 19.5. The van der Waals surface area contributed by atoms with E-state index in [9.17, 15) is 0 Å². The summed E-state index contributed by atoms with van der Waals surface area (Å²) >= 11 is 0. The van der Waals surface area contributed by atoms with Gasteiger partial charge in [0.1, 0.15) is 12.1 Å². The van der Waals surface area contributed by atoms with Crippen molar-refractivity contribution in [2.24, 2.45) is 5.92 Å². The number of hydrogen-bond donors (Lipinski definition) is 0. The second-order valence-corrected chi connectivity index (χ2v) is 6.71. The lowest BCUT2D eigenvalue weighted by molar-refractivity contribution is 0.215. The number of ether oxygens (including phenoxy) is 1. The molecule has 2 fully saturated rings. The first-order chi connectivity index (χ1) is 11.9. The highest BCUT2D eigenvalue weighted by Crippen LogP contribution is 2.36. The zero-order valence-corrected chi connectivity index (χ0v) is 13.8. The monoisotopic (exact) mass is 325 g/mol. The van der Waals surface area contributed by atoms with E-state index >= 15 is 0 Å². The molecule has 2 aromatic heterocycles. The minimum absolute atomic E-state index is 0.566. The number of anilines is 1. The molecular weight excluding hydrogens is 302 g/mol. The van der Waals surface area contributed by atoms with Gasteiger partial charge in [-0.25, -0.2) is 15.0 Å². The van der Waals surface area contributed by atoms with Gasteiger partial charge in [-0.15, -0.1) is 0 Å². The van der Waals surface area contributed by atoms with E-state index in [4.69, 9.17) is 4.74 Å². The second kappa shape index (κ2) is 7.11. The van der Waals surface area contributed by atoms with Gasteiger partial charge in [-0.05, 0) is 31.6 Å². The molecule has 0 amide bonds. The number of rotatable bonds is 5. The van der Waals surface area contributed by atoms with E-state index in [1.165, 1.54) is 25.0 Å². The molecule has 0 radical (unpaired) electrons. The van der Waals surface area contributed by atoms with Crippen molar-refractivity contribution >= 4 is 5.82 Å².